The maximum Gasteiger partial charge on any atom is 0.253 e. The Morgan fingerprint density at radius 3 is 2.30 bits per heavy atom. The van der Waals surface area contributed by atoms with Crippen molar-refractivity contribution in [1.29, 1.82) is 0 Å². The van der Waals surface area contributed by atoms with E-state index in [4.69, 9.17) is 9.84 Å². The fraction of sp³-hybridized carbons (Fsp3) is 0.407. The van der Waals surface area contributed by atoms with E-state index in [1.54, 1.807) is 4.90 Å². The Hall–Kier alpha value is -2.96. The van der Waals surface area contributed by atoms with Crippen molar-refractivity contribution in [3.05, 3.63) is 82.7 Å². The number of hydrogen-bond acceptors (Lipinski definition) is 4. The molecular weight excluding hydrogens is 412 g/mol. The summed E-state index contributed by atoms with van der Waals surface area (Å²) in [5.74, 6) is 0.0152. The molecule has 1 amide bonds. The van der Waals surface area contributed by atoms with Crippen molar-refractivity contribution in [3.63, 3.8) is 0 Å². The summed E-state index contributed by atoms with van der Waals surface area (Å²) in [6.07, 6.45) is 0.503. The number of carbonyl (C=O) groups excluding carboxylic acids is 1. The fourth-order valence-electron chi connectivity index (χ4n) is 4.68. The van der Waals surface area contributed by atoms with Gasteiger partial charge in [-0.05, 0) is 57.5 Å². The molecule has 2 unspecified atom stereocenters. The van der Waals surface area contributed by atoms with Crippen LogP contribution in [0.1, 0.15) is 46.7 Å². The Balaban J connectivity index is 1.42. The molecule has 33 heavy (non-hydrogen) atoms. The summed E-state index contributed by atoms with van der Waals surface area (Å²) < 4.78 is 7.77. The van der Waals surface area contributed by atoms with E-state index >= 15 is 0 Å². The predicted molar refractivity (Wildman–Crippen MR) is 131 cm³/mol. The standard InChI is InChI=1S/C27H34N4O2/c1-19-15-30(16-20(2)33-19)17-23-11-13-24(14-12-23)27(32)29(5)18-26-21(3)28-31(22(26)4)25-9-7-6-8-10-25/h6-14,19-20H,15-18H2,1-5H3. The van der Waals surface area contributed by atoms with E-state index in [2.05, 4.69) is 37.8 Å². The molecule has 4 rings (SSSR count). The van der Waals surface area contributed by atoms with Gasteiger partial charge in [-0.1, -0.05) is 30.3 Å². The maximum absolute atomic E-state index is 13.1. The molecule has 1 aliphatic heterocycles. The maximum atomic E-state index is 13.1. The first-order valence-corrected chi connectivity index (χ1v) is 11.6. The van der Waals surface area contributed by atoms with Gasteiger partial charge in [-0.2, -0.15) is 5.10 Å². The molecule has 2 atom stereocenters. The van der Waals surface area contributed by atoms with Gasteiger partial charge in [-0.3, -0.25) is 9.69 Å². The molecule has 0 spiro atoms. The zero-order valence-electron chi connectivity index (χ0n) is 20.3. The average molecular weight is 447 g/mol. The van der Waals surface area contributed by atoms with Crippen molar-refractivity contribution in [1.82, 2.24) is 19.6 Å². The molecule has 174 valence electrons. The number of carbonyl (C=O) groups is 1. The minimum atomic E-state index is 0.0152. The third-order valence-corrected chi connectivity index (χ3v) is 6.29. The van der Waals surface area contributed by atoms with Crippen LogP contribution in [-0.4, -0.2) is 57.8 Å². The number of rotatable bonds is 6. The van der Waals surface area contributed by atoms with Crippen molar-refractivity contribution in [2.45, 2.75) is 53.0 Å². The van der Waals surface area contributed by atoms with Gasteiger partial charge >= 0.3 is 0 Å². The normalized spacial score (nSPS) is 18.9. The van der Waals surface area contributed by atoms with Crippen molar-refractivity contribution >= 4 is 5.91 Å². The number of aromatic nitrogens is 2. The largest absolute Gasteiger partial charge is 0.373 e. The number of benzene rings is 2. The topological polar surface area (TPSA) is 50.6 Å². The number of aryl methyl sites for hydroxylation is 1. The van der Waals surface area contributed by atoms with Crippen molar-refractivity contribution in [3.8, 4) is 5.69 Å². The molecule has 0 aliphatic carbocycles. The lowest BCUT2D eigenvalue weighted by atomic mass is 10.1. The predicted octanol–water partition coefficient (Wildman–Crippen LogP) is 4.37. The molecule has 0 bridgehead atoms. The molecule has 6 heteroatoms. The molecule has 0 radical (unpaired) electrons. The number of morpholine rings is 1. The minimum Gasteiger partial charge on any atom is -0.373 e. The van der Waals surface area contributed by atoms with Gasteiger partial charge in [-0.25, -0.2) is 4.68 Å². The van der Waals surface area contributed by atoms with Gasteiger partial charge in [0.1, 0.15) is 0 Å². The van der Waals surface area contributed by atoms with Crippen LogP contribution in [0.5, 0.6) is 0 Å². The Kier molecular flexibility index (Phi) is 6.96. The zero-order valence-corrected chi connectivity index (χ0v) is 20.3. The molecule has 2 aromatic carbocycles. The van der Waals surface area contributed by atoms with Crippen LogP contribution in [0.2, 0.25) is 0 Å². The monoisotopic (exact) mass is 446 g/mol. The van der Waals surface area contributed by atoms with Crippen LogP contribution < -0.4 is 0 Å². The number of para-hydroxylation sites is 1. The van der Waals surface area contributed by atoms with Crippen LogP contribution in [0.4, 0.5) is 0 Å². The first-order valence-electron chi connectivity index (χ1n) is 11.6. The fourth-order valence-corrected chi connectivity index (χ4v) is 4.68. The minimum absolute atomic E-state index is 0.0152. The van der Waals surface area contributed by atoms with Crippen LogP contribution in [0, 0.1) is 13.8 Å². The highest BCUT2D eigenvalue weighted by molar-refractivity contribution is 5.94. The lowest BCUT2D eigenvalue weighted by Gasteiger charge is -2.35. The van der Waals surface area contributed by atoms with Gasteiger partial charge in [0.15, 0.2) is 0 Å². The van der Waals surface area contributed by atoms with Crippen molar-refractivity contribution in [2.75, 3.05) is 20.1 Å². The molecule has 6 nitrogen and oxygen atoms in total. The van der Waals surface area contributed by atoms with Gasteiger partial charge < -0.3 is 9.64 Å². The second-order valence-electron chi connectivity index (χ2n) is 9.21. The molecule has 1 aromatic heterocycles. The highest BCUT2D eigenvalue weighted by Crippen LogP contribution is 2.20. The first kappa shape index (κ1) is 23.2. The van der Waals surface area contributed by atoms with Crippen molar-refractivity contribution in [2.24, 2.45) is 0 Å². The molecule has 2 heterocycles. The first-order chi connectivity index (χ1) is 15.8. The van der Waals surface area contributed by atoms with Crippen LogP contribution >= 0.6 is 0 Å². The second kappa shape index (κ2) is 9.89. The van der Waals surface area contributed by atoms with E-state index in [1.807, 2.05) is 61.1 Å². The number of amides is 1. The summed E-state index contributed by atoms with van der Waals surface area (Å²) >= 11 is 0. The van der Waals surface area contributed by atoms with Gasteiger partial charge in [0.05, 0.1) is 23.6 Å². The number of hydrogen-bond donors (Lipinski definition) is 0. The average Bonchev–Trinajstić information content (AvgIpc) is 3.07. The Morgan fingerprint density at radius 1 is 1.03 bits per heavy atom. The smallest absolute Gasteiger partial charge is 0.253 e. The summed E-state index contributed by atoms with van der Waals surface area (Å²) in [6.45, 7) is 11.6. The highest BCUT2D eigenvalue weighted by Gasteiger charge is 2.22. The summed E-state index contributed by atoms with van der Waals surface area (Å²) in [5, 5.41) is 4.71. The lowest BCUT2D eigenvalue weighted by Crippen LogP contribution is -2.44. The van der Waals surface area contributed by atoms with Crippen LogP contribution in [0.15, 0.2) is 54.6 Å². The summed E-state index contributed by atoms with van der Waals surface area (Å²) in [6, 6.07) is 18.1. The summed E-state index contributed by atoms with van der Waals surface area (Å²) in [4.78, 5) is 17.3. The number of ether oxygens (including phenoxy) is 1. The Labute approximate surface area is 196 Å². The lowest BCUT2D eigenvalue weighted by molar-refractivity contribution is -0.0704. The van der Waals surface area contributed by atoms with Gasteiger partial charge in [-0.15, -0.1) is 0 Å². The molecule has 0 N–H and O–H groups in total. The van der Waals surface area contributed by atoms with E-state index in [0.717, 1.165) is 42.3 Å². The van der Waals surface area contributed by atoms with E-state index < -0.39 is 0 Å². The molecule has 3 aromatic rings. The van der Waals surface area contributed by atoms with Gasteiger partial charge in [0.25, 0.3) is 5.91 Å². The third-order valence-electron chi connectivity index (χ3n) is 6.29. The van der Waals surface area contributed by atoms with Crippen molar-refractivity contribution < 1.29 is 9.53 Å². The van der Waals surface area contributed by atoms with E-state index in [0.29, 0.717) is 12.1 Å². The number of nitrogens with zero attached hydrogens (tertiary/aromatic N) is 4. The third kappa shape index (κ3) is 5.34. The molecule has 1 fully saturated rings. The SMILES string of the molecule is Cc1nn(-c2ccccc2)c(C)c1CN(C)C(=O)c1ccc(CN2CC(C)OC(C)C2)cc1. The molecule has 1 aliphatic rings. The van der Waals surface area contributed by atoms with E-state index in [1.165, 1.54) is 5.56 Å². The highest BCUT2D eigenvalue weighted by atomic mass is 16.5. The molecular formula is C27H34N4O2. The van der Waals surface area contributed by atoms with Gasteiger partial charge in [0, 0.05) is 50.0 Å². The zero-order chi connectivity index (χ0) is 23.5. The quantitative estimate of drug-likeness (QED) is 0.564. The van der Waals surface area contributed by atoms with E-state index in [-0.39, 0.29) is 18.1 Å². The summed E-state index contributed by atoms with van der Waals surface area (Å²) in [7, 11) is 1.85. The Bertz CT molecular complexity index is 1080. The van der Waals surface area contributed by atoms with Crippen LogP contribution in [-0.2, 0) is 17.8 Å². The van der Waals surface area contributed by atoms with Crippen LogP contribution in [0.25, 0.3) is 5.69 Å². The van der Waals surface area contributed by atoms with E-state index in [9.17, 15) is 4.79 Å². The van der Waals surface area contributed by atoms with Crippen LogP contribution in [0.3, 0.4) is 0 Å². The second-order valence-corrected chi connectivity index (χ2v) is 9.21. The summed E-state index contributed by atoms with van der Waals surface area (Å²) in [5.41, 5.74) is 6.03. The Morgan fingerprint density at radius 2 is 1.67 bits per heavy atom. The van der Waals surface area contributed by atoms with Gasteiger partial charge in [0.2, 0.25) is 0 Å². The molecule has 0 saturated carbocycles. The molecule has 1 saturated heterocycles.